The maximum absolute atomic E-state index is 11.8. The summed E-state index contributed by atoms with van der Waals surface area (Å²) in [6.45, 7) is 6.63. The first-order chi connectivity index (χ1) is 12.0. The highest BCUT2D eigenvalue weighted by atomic mass is 32.2. The maximum Gasteiger partial charge on any atom is 0.211 e. The van der Waals surface area contributed by atoms with Crippen molar-refractivity contribution in [2.45, 2.75) is 39.4 Å². The zero-order valence-corrected chi connectivity index (χ0v) is 15.7. The second kappa shape index (κ2) is 7.68. The minimum atomic E-state index is -3.20. The maximum atomic E-state index is 11.8. The number of aryl methyl sites for hydroxylation is 1. The third-order valence-electron chi connectivity index (χ3n) is 4.71. The fraction of sp³-hybridized carbons (Fsp3) is 0.500. The SMILES string of the molecule is CCc1ccc(CN2Cc3ccnn3C(CNS(=O)(=O)CC)C2)cc1. The highest BCUT2D eigenvalue weighted by Crippen LogP contribution is 2.22. The van der Waals surface area contributed by atoms with Crippen molar-refractivity contribution in [2.24, 2.45) is 0 Å². The van der Waals surface area contributed by atoms with Crippen LogP contribution in [-0.4, -0.2) is 41.9 Å². The minimum Gasteiger partial charge on any atom is -0.291 e. The normalized spacial score (nSPS) is 18.2. The molecule has 7 heteroatoms. The lowest BCUT2D eigenvalue weighted by atomic mass is 10.1. The van der Waals surface area contributed by atoms with Gasteiger partial charge < -0.3 is 0 Å². The molecule has 0 saturated carbocycles. The summed E-state index contributed by atoms with van der Waals surface area (Å²) in [5, 5.41) is 4.38. The summed E-state index contributed by atoms with van der Waals surface area (Å²) in [5.74, 6) is 0.0964. The van der Waals surface area contributed by atoms with E-state index in [1.807, 2.05) is 10.7 Å². The minimum absolute atomic E-state index is 0.00925. The molecule has 6 nitrogen and oxygen atoms in total. The topological polar surface area (TPSA) is 67.2 Å². The Labute approximate surface area is 149 Å². The number of nitrogens with one attached hydrogen (secondary N) is 1. The Morgan fingerprint density at radius 2 is 1.88 bits per heavy atom. The third-order valence-corrected chi connectivity index (χ3v) is 6.08. The van der Waals surface area contributed by atoms with Crippen LogP contribution in [0.15, 0.2) is 36.5 Å². The van der Waals surface area contributed by atoms with E-state index in [-0.39, 0.29) is 11.8 Å². The van der Waals surface area contributed by atoms with Gasteiger partial charge >= 0.3 is 0 Å². The molecule has 1 aromatic carbocycles. The van der Waals surface area contributed by atoms with Gasteiger partial charge in [0.05, 0.1) is 17.5 Å². The molecule has 0 bridgehead atoms. The molecule has 0 aliphatic carbocycles. The largest absolute Gasteiger partial charge is 0.291 e. The Balaban J connectivity index is 1.70. The Bertz CT molecular complexity index is 799. The quantitative estimate of drug-likeness (QED) is 0.817. The van der Waals surface area contributed by atoms with Crippen molar-refractivity contribution in [1.29, 1.82) is 0 Å². The first kappa shape index (κ1) is 18.1. The lowest BCUT2D eigenvalue weighted by Gasteiger charge is -2.34. The molecule has 1 aromatic heterocycles. The zero-order valence-electron chi connectivity index (χ0n) is 14.9. The number of rotatable bonds is 7. The molecule has 0 saturated heterocycles. The van der Waals surface area contributed by atoms with Gasteiger partial charge in [-0.25, -0.2) is 13.1 Å². The summed E-state index contributed by atoms with van der Waals surface area (Å²) in [4.78, 5) is 2.35. The van der Waals surface area contributed by atoms with Crippen LogP contribution in [0.1, 0.15) is 36.7 Å². The molecule has 136 valence electrons. The van der Waals surface area contributed by atoms with E-state index in [4.69, 9.17) is 0 Å². The van der Waals surface area contributed by atoms with Crippen LogP contribution in [0.2, 0.25) is 0 Å². The molecular formula is C18H26N4O2S. The number of benzene rings is 1. The summed E-state index contributed by atoms with van der Waals surface area (Å²) in [6, 6.07) is 10.7. The van der Waals surface area contributed by atoms with E-state index in [1.54, 1.807) is 13.1 Å². The average Bonchev–Trinajstić information content (AvgIpc) is 3.09. The Morgan fingerprint density at radius 3 is 2.56 bits per heavy atom. The molecule has 3 rings (SSSR count). The number of hydrogen-bond donors (Lipinski definition) is 1. The summed E-state index contributed by atoms with van der Waals surface area (Å²) in [7, 11) is -3.20. The predicted octanol–water partition coefficient (Wildman–Crippen LogP) is 1.94. The lowest BCUT2D eigenvalue weighted by Crippen LogP contribution is -2.42. The number of sulfonamides is 1. The van der Waals surface area contributed by atoms with Crippen molar-refractivity contribution in [3.8, 4) is 0 Å². The van der Waals surface area contributed by atoms with Crippen molar-refractivity contribution < 1.29 is 8.42 Å². The van der Waals surface area contributed by atoms with Gasteiger partial charge in [-0.2, -0.15) is 5.10 Å². The third kappa shape index (κ3) is 4.48. The monoisotopic (exact) mass is 362 g/mol. The first-order valence-corrected chi connectivity index (χ1v) is 10.5. The molecule has 0 radical (unpaired) electrons. The first-order valence-electron chi connectivity index (χ1n) is 8.80. The average molecular weight is 362 g/mol. The molecule has 2 heterocycles. The second-order valence-electron chi connectivity index (χ2n) is 6.51. The highest BCUT2D eigenvalue weighted by Gasteiger charge is 2.26. The van der Waals surface area contributed by atoms with Gasteiger partial charge in [0.2, 0.25) is 10.0 Å². The van der Waals surface area contributed by atoms with E-state index in [1.165, 1.54) is 11.1 Å². The van der Waals surface area contributed by atoms with Crippen molar-refractivity contribution >= 4 is 10.0 Å². The Kier molecular flexibility index (Phi) is 5.56. The summed E-state index contributed by atoms with van der Waals surface area (Å²) < 4.78 is 28.2. The molecule has 1 atom stereocenters. The van der Waals surface area contributed by atoms with Gasteiger partial charge in [-0.05, 0) is 30.5 Å². The van der Waals surface area contributed by atoms with Crippen LogP contribution in [0.25, 0.3) is 0 Å². The van der Waals surface area contributed by atoms with Crippen LogP contribution in [0.3, 0.4) is 0 Å². The van der Waals surface area contributed by atoms with Crippen molar-refractivity contribution in [3.63, 3.8) is 0 Å². The molecule has 25 heavy (non-hydrogen) atoms. The van der Waals surface area contributed by atoms with E-state index >= 15 is 0 Å². The molecule has 0 amide bonds. The molecular weight excluding hydrogens is 336 g/mol. The number of fused-ring (bicyclic) bond motifs is 1. The van der Waals surface area contributed by atoms with Crippen molar-refractivity contribution in [3.05, 3.63) is 53.3 Å². The van der Waals surface area contributed by atoms with Gasteiger partial charge in [0, 0.05) is 32.4 Å². The van der Waals surface area contributed by atoms with Gasteiger partial charge in [-0.3, -0.25) is 9.58 Å². The van der Waals surface area contributed by atoms with E-state index in [9.17, 15) is 8.42 Å². The number of nitrogens with zero attached hydrogens (tertiary/aromatic N) is 3. The van der Waals surface area contributed by atoms with Crippen LogP contribution < -0.4 is 4.72 Å². The van der Waals surface area contributed by atoms with Crippen LogP contribution in [-0.2, 0) is 29.5 Å². The number of aromatic nitrogens is 2. The van der Waals surface area contributed by atoms with Crippen molar-refractivity contribution in [1.82, 2.24) is 19.4 Å². The highest BCUT2D eigenvalue weighted by molar-refractivity contribution is 7.89. The molecule has 1 aliphatic heterocycles. The Hall–Kier alpha value is -1.70. The van der Waals surface area contributed by atoms with E-state index < -0.39 is 10.0 Å². The molecule has 0 spiro atoms. The van der Waals surface area contributed by atoms with Crippen molar-refractivity contribution in [2.75, 3.05) is 18.8 Å². The van der Waals surface area contributed by atoms with Crippen LogP contribution >= 0.6 is 0 Å². The standard InChI is InChI=1S/C18H26N4O2S/c1-3-15-5-7-16(8-6-15)12-21-13-17-9-10-19-22(17)18(14-21)11-20-25(23,24)4-2/h5-10,18,20H,3-4,11-14H2,1-2H3. The van der Waals surface area contributed by atoms with E-state index in [0.29, 0.717) is 6.54 Å². The summed E-state index contributed by atoms with van der Waals surface area (Å²) >= 11 is 0. The second-order valence-corrected chi connectivity index (χ2v) is 8.61. The Morgan fingerprint density at radius 1 is 1.16 bits per heavy atom. The van der Waals surface area contributed by atoms with Gasteiger partial charge in [0.25, 0.3) is 0 Å². The van der Waals surface area contributed by atoms with Crippen LogP contribution in [0, 0.1) is 0 Å². The summed E-state index contributed by atoms with van der Waals surface area (Å²) in [5.41, 5.74) is 3.74. The fourth-order valence-corrected chi connectivity index (χ4v) is 3.85. The van der Waals surface area contributed by atoms with Crippen LogP contribution in [0.5, 0.6) is 0 Å². The van der Waals surface area contributed by atoms with E-state index in [0.717, 1.165) is 31.7 Å². The lowest BCUT2D eigenvalue weighted by molar-refractivity contribution is 0.168. The zero-order chi connectivity index (χ0) is 17.9. The van der Waals surface area contributed by atoms with E-state index in [2.05, 4.69) is 45.9 Å². The molecule has 1 aliphatic rings. The van der Waals surface area contributed by atoms with Gasteiger partial charge in [-0.1, -0.05) is 31.2 Å². The smallest absolute Gasteiger partial charge is 0.211 e. The fourth-order valence-electron chi connectivity index (χ4n) is 3.20. The van der Waals surface area contributed by atoms with Gasteiger partial charge in [0.15, 0.2) is 0 Å². The van der Waals surface area contributed by atoms with Gasteiger partial charge in [0.1, 0.15) is 0 Å². The molecule has 0 fully saturated rings. The molecule has 1 unspecified atom stereocenters. The van der Waals surface area contributed by atoms with Crippen LogP contribution in [0.4, 0.5) is 0 Å². The molecule has 1 N–H and O–H groups in total. The number of hydrogen-bond acceptors (Lipinski definition) is 4. The molecule has 2 aromatic rings. The predicted molar refractivity (Wildman–Crippen MR) is 98.7 cm³/mol. The van der Waals surface area contributed by atoms with Gasteiger partial charge in [-0.15, -0.1) is 0 Å². The summed E-state index contributed by atoms with van der Waals surface area (Å²) in [6.07, 6.45) is 2.83.